The Bertz CT molecular complexity index is 480. The van der Waals surface area contributed by atoms with Crippen LogP contribution < -0.4 is 0 Å². The first-order valence-electron chi connectivity index (χ1n) is 6.37. The van der Waals surface area contributed by atoms with Gasteiger partial charge in [0.05, 0.1) is 0 Å². The summed E-state index contributed by atoms with van der Waals surface area (Å²) in [5, 5.41) is 0. The number of aliphatic imine (C=N–C) groups is 1. The van der Waals surface area contributed by atoms with Crippen molar-refractivity contribution in [2.24, 2.45) is 10.9 Å². The Hall–Kier alpha value is -1.89. The molecule has 0 aromatic heterocycles. The third-order valence-corrected chi connectivity index (χ3v) is 3.19. The lowest BCUT2D eigenvalue weighted by Crippen LogP contribution is -2.14. The zero-order valence-corrected chi connectivity index (χ0v) is 10.7. The molecule has 1 unspecified atom stereocenters. The van der Waals surface area contributed by atoms with Crippen molar-refractivity contribution in [3.8, 4) is 0 Å². The molecule has 0 aliphatic carbocycles. The first-order valence-corrected chi connectivity index (χ1v) is 6.37. The van der Waals surface area contributed by atoms with E-state index in [1.165, 1.54) is 11.1 Å². The predicted molar refractivity (Wildman–Crippen MR) is 79.8 cm³/mol. The molecule has 1 atom stereocenters. The highest BCUT2D eigenvalue weighted by Crippen LogP contribution is 2.29. The normalized spacial score (nSPS) is 18.8. The number of hydrogen-bond acceptors (Lipinski definition) is 1. The number of benzene rings is 1. The van der Waals surface area contributed by atoms with Crippen LogP contribution in [-0.2, 0) is 0 Å². The van der Waals surface area contributed by atoms with Crippen LogP contribution in [0, 0.1) is 5.92 Å². The van der Waals surface area contributed by atoms with Crippen LogP contribution in [-0.4, -0.2) is 12.3 Å². The number of allylic oxidation sites excluding steroid dienone is 3. The minimum absolute atomic E-state index is 0.457. The molecule has 1 aliphatic heterocycles. The van der Waals surface area contributed by atoms with Crippen LogP contribution in [0.4, 0.5) is 0 Å². The van der Waals surface area contributed by atoms with Crippen molar-refractivity contribution >= 4 is 11.3 Å². The van der Waals surface area contributed by atoms with E-state index >= 15 is 0 Å². The smallest absolute Gasteiger partial charge is 0.0464 e. The Kier molecular flexibility index (Phi) is 4.30. The van der Waals surface area contributed by atoms with Gasteiger partial charge in [0.15, 0.2) is 0 Å². The lowest BCUT2D eigenvalue weighted by molar-refractivity contribution is 0.689. The number of hydrogen-bond donors (Lipinski definition) is 0. The van der Waals surface area contributed by atoms with Gasteiger partial charge in [-0.1, -0.05) is 42.5 Å². The van der Waals surface area contributed by atoms with Gasteiger partial charge >= 0.3 is 0 Å². The van der Waals surface area contributed by atoms with Crippen LogP contribution in [0.2, 0.25) is 0 Å². The molecule has 92 valence electrons. The zero-order chi connectivity index (χ0) is 12.8. The number of rotatable bonds is 5. The first kappa shape index (κ1) is 12.6. The highest BCUT2D eigenvalue weighted by atomic mass is 14.8. The molecule has 0 saturated heterocycles. The second kappa shape index (κ2) is 6.15. The van der Waals surface area contributed by atoms with E-state index in [0.29, 0.717) is 5.92 Å². The SMILES string of the molecule is C=CCC1=NCC(CC=C)C(c2ccccc2)=C1. The largest absolute Gasteiger partial charge is 0.289 e. The summed E-state index contributed by atoms with van der Waals surface area (Å²) < 4.78 is 0. The first-order chi connectivity index (χ1) is 8.85. The molecule has 1 nitrogen and oxygen atoms in total. The molecule has 1 aromatic carbocycles. The Balaban J connectivity index is 2.32. The summed E-state index contributed by atoms with van der Waals surface area (Å²) in [4.78, 5) is 4.62. The third-order valence-electron chi connectivity index (χ3n) is 3.19. The molecule has 0 saturated carbocycles. The Morgan fingerprint density at radius 2 is 1.94 bits per heavy atom. The van der Waals surface area contributed by atoms with E-state index in [4.69, 9.17) is 0 Å². The molecule has 0 radical (unpaired) electrons. The Labute approximate surface area is 109 Å². The van der Waals surface area contributed by atoms with Crippen molar-refractivity contribution in [1.82, 2.24) is 0 Å². The van der Waals surface area contributed by atoms with Crippen molar-refractivity contribution in [3.63, 3.8) is 0 Å². The maximum Gasteiger partial charge on any atom is 0.0464 e. The fourth-order valence-electron chi connectivity index (χ4n) is 2.29. The maximum atomic E-state index is 4.62. The molecule has 18 heavy (non-hydrogen) atoms. The molecular formula is C17H19N. The van der Waals surface area contributed by atoms with E-state index in [9.17, 15) is 0 Å². The van der Waals surface area contributed by atoms with Gasteiger partial charge in [-0.15, -0.1) is 13.2 Å². The molecule has 1 aliphatic rings. The summed E-state index contributed by atoms with van der Waals surface area (Å²) >= 11 is 0. The molecule has 1 aromatic rings. The molecule has 1 heteroatoms. The molecule has 0 fully saturated rings. The van der Waals surface area contributed by atoms with Gasteiger partial charge in [0, 0.05) is 24.6 Å². The summed E-state index contributed by atoms with van der Waals surface area (Å²) in [6, 6.07) is 10.5. The summed E-state index contributed by atoms with van der Waals surface area (Å²) in [6.07, 6.45) is 7.93. The number of nitrogens with zero attached hydrogens (tertiary/aromatic N) is 1. The molecule has 0 spiro atoms. The molecule has 0 amide bonds. The molecule has 1 heterocycles. The molecule has 2 rings (SSSR count). The van der Waals surface area contributed by atoms with Crippen molar-refractivity contribution in [3.05, 3.63) is 67.3 Å². The van der Waals surface area contributed by atoms with Gasteiger partial charge in [-0.25, -0.2) is 0 Å². The van der Waals surface area contributed by atoms with Crippen LogP contribution in [0.3, 0.4) is 0 Å². The third kappa shape index (κ3) is 2.86. The Morgan fingerprint density at radius 3 is 2.61 bits per heavy atom. The average Bonchev–Trinajstić information content (AvgIpc) is 2.42. The minimum Gasteiger partial charge on any atom is -0.289 e. The lowest BCUT2D eigenvalue weighted by Gasteiger charge is -2.22. The van der Waals surface area contributed by atoms with E-state index < -0.39 is 0 Å². The van der Waals surface area contributed by atoms with E-state index in [1.807, 2.05) is 18.2 Å². The standard InChI is InChI=1S/C17H19N/c1-3-8-15-13-18-16(9-4-2)12-17(15)14-10-6-5-7-11-14/h3-7,10-12,15H,1-2,8-9,13H2. The monoisotopic (exact) mass is 237 g/mol. The van der Waals surface area contributed by atoms with Crippen LogP contribution >= 0.6 is 0 Å². The fraction of sp³-hybridized carbons (Fsp3) is 0.235. The van der Waals surface area contributed by atoms with Crippen molar-refractivity contribution < 1.29 is 0 Å². The van der Waals surface area contributed by atoms with Crippen molar-refractivity contribution in [2.75, 3.05) is 6.54 Å². The van der Waals surface area contributed by atoms with Gasteiger partial charge < -0.3 is 0 Å². The van der Waals surface area contributed by atoms with Crippen LogP contribution in [0.15, 0.2) is 66.7 Å². The zero-order valence-electron chi connectivity index (χ0n) is 10.7. The van der Waals surface area contributed by atoms with Gasteiger partial charge in [0.25, 0.3) is 0 Å². The van der Waals surface area contributed by atoms with Gasteiger partial charge in [0.1, 0.15) is 0 Å². The number of dihydropyridines is 1. The highest BCUT2D eigenvalue weighted by molar-refractivity contribution is 6.03. The summed E-state index contributed by atoms with van der Waals surface area (Å²) in [5.74, 6) is 0.457. The van der Waals surface area contributed by atoms with Gasteiger partial charge in [-0.2, -0.15) is 0 Å². The van der Waals surface area contributed by atoms with Crippen molar-refractivity contribution in [2.45, 2.75) is 12.8 Å². The van der Waals surface area contributed by atoms with Gasteiger partial charge in [-0.05, 0) is 23.6 Å². The topological polar surface area (TPSA) is 12.4 Å². The molecular weight excluding hydrogens is 218 g/mol. The van der Waals surface area contributed by atoms with E-state index in [2.05, 4.69) is 48.5 Å². The average molecular weight is 237 g/mol. The molecule has 0 bridgehead atoms. The summed E-state index contributed by atoms with van der Waals surface area (Å²) in [5.41, 5.74) is 3.80. The second-order valence-electron chi connectivity index (χ2n) is 4.51. The minimum atomic E-state index is 0.457. The van der Waals surface area contributed by atoms with E-state index in [1.54, 1.807) is 0 Å². The van der Waals surface area contributed by atoms with Gasteiger partial charge in [0.2, 0.25) is 0 Å². The van der Waals surface area contributed by atoms with Crippen LogP contribution in [0.25, 0.3) is 5.57 Å². The quantitative estimate of drug-likeness (QED) is 0.677. The second-order valence-corrected chi connectivity index (χ2v) is 4.51. The van der Waals surface area contributed by atoms with Crippen LogP contribution in [0.1, 0.15) is 18.4 Å². The van der Waals surface area contributed by atoms with Crippen LogP contribution in [0.5, 0.6) is 0 Å². The fourth-order valence-corrected chi connectivity index (χ4v) is 2.29. The van der Waals surface area contributed by atoms with E-state index in [0.717, 1.165) is 25.1 Å². The highest BCUT2D eigenvalue weighted by Gasteiger charge is 2.18. The molecule has 0 N–H and O–H groups in total. The van der Waals surface area contributed by atoms with Gasteiger partial charge in [-0.3, -0.25) is 4.99 Å². The predicted octanol–water partition coefficient (Wildman–Crippen LogP) is 4.29. The Morgan fingerprint density at radius 1 is 1.17 bits per heavy atom. The lowest BCUT2D eigenvalue weighted by atomic mass is 9.87. The van der Waals surface area contributed by atoms with Crippen molar-refractivity contribution in [1.29, 1.82) is 0 Å². The summed E-state index contributed by atoms with van der Waals surface area (Å²) in [7, 11) is 0. The summed E-state index contributed by atoms with van der Waals surface area (Å²) in [6.45, 7) is 8.49. The maximum absolute atomic E-state index is 4.62. The van der Waals surface area contributed by atoms with E-state index in [-0.39, 0.29) is 0 Å².